The summed E-state index contributed by atoms with van der Waals surface area (Å²) in [6, 6.07) is 21.3. The number of ether oxygens (including phenoxy) is 2. The van der Waals surface area contributed by atoms with Gasteiger partial charge in [-0.3, -0.25) is 0 Å². The molecule has 0 spiro atoms. The molecule has 3 aromatic carbocycles. The number of nitrogens with one attached hydrogen (secondary N) is 1. The molecule has 150 valence electrons. The summed E-state index contributed by atoms with van der Waals surface area (Å²) in [7, 11) is 0. The highest BCUT2D eigenvalue weighted by Gasteiger charge is 2.23. The molecule has 29 heavy (non-hydrogen) atoms. The number of phenolic OH excluding ortho intramolecular Hbond substituents is 1. The SMILES string of the molecule is CCOC(=O)C(Oc1ccc(NCc2cc(O)ccc2Cl)cc1)c1ccccc1. The Kier molecular flexibility index (Phi) is 6.98. The molecule has 2 N–H and O–H groups in total. The molecule has 0 radical (unpaired) electrons. The molecule has 0 aromatic heterocycles. The average molecular weight is 412 g/mol. The summed E-state index contributed by atoms with van der Waals surface area (Å²) < 4.78 is 11.1. The number of carbonyl (C=O) groups is 1. The second kappa shape index (κ2) is 9.85. The second-order valence-corrected chi connectivity index (χ2v) is 6.72. The zero-order valence-electron chi connectivity index (χ0n) is 16.0. The number of phenols is 1. The summed E-state index contributed by atoms with van der Waals surface area (Å²) >= 11 is 6.14. The van der Waals surface area contributed by atoms with Gasteiger partial charge in [0.15, 0.2) is 0 Å². The van der Waals surface area contributed by atoms with E-state index in [9.17, 15) is 9.90 Å². The smallest absolute Gasteiger partial charge is 0.352 e. The van der Waals surface area contributed by atoms with Gasteiger partial charge in [-0.15, -0.1) is 0 Å². The molecule has 0 saturated heterocycles. The highest BCUT2D eigenvalue weighted by Crippen LogP contribution is 2.26. The fraction of sp³-hybridized carbons (Fsp3) is 0.174. The molecule has 0 bridgehead atoms. The van der Waals surface area contributed by atoms with Crippen molar-refractivity contribution in [2.75, 3.05) is 11.9 Å². The average Bonchev–Trinajstić information content (AvgIpc) is 2.74. The quantitative estimate of drug-likeness (QED) is 0.489. The van der Waals surface area contributed by atoms with Crippen molar-refractivity contribution in [1.29, 1.82) is 0 Å². The number of benzene rings is 3. The van der Waals surface area contributed by atoms with E-state index < -0.39 is 12.1 Å². The third-order valence-electron chi connectivity index (χ3n) is 4.22. The van der Waals surface area contributed by atoms with Crippen molar-refractivity contribution in [2.45, 2.75) is 19.6 Å². The first kappa shape index (κ1) is 20.6. The Morgan fingerprint density at radius 2 is 1.79 bits per heavy atom. The van der Waals surface area contributed by atoms with Gasteiger partial charge in [-0.05, 0) is 55.0 Å². The lowest BCUT2D eigenvalue weighted by atomic mass is 10.1. The van der Waals surface area contributed by atoms with E-state index in [1.54, 1.807) is 37.3 Å². The molecular weight excluding hydrogens is 390 g/mol. The van der Waals surface area contributed by atoms with Crippen LogP contribution in [0.1, 0.15) is 24.2 Å². The summed E-state index contributed by atoms with van der Waals surface area (Å²) in [5, 5.41) is 13.4. The zero-order chi connectivity index (χ0) is 20.6. The predicted molar refractivity (Wildman–Crippen MR) is 113 cm³/mol. The maximum absolute atomic E-state index is 12.3. The Hall–Kier alpha value is -3.18. The molecule has 0 aliphatic carbocycles. The standard InChI is InChI=1S/C23H22ClNO4/c1-2-28-23(27)22(16-6-4-3-5-7-16)29-20-11-8-18(9-12-20)25-15-17-14-19(26)10-13-21(17)24/h3-14,22,25-26H,2,15H2,1H3. The third kappa shape index (κ3) is 5.65. The van der Waals surface area contributed by atoms with Crippen LogP contribution in [0.5, 0.6) is 11.5 Å². The van der Waals surface area contributed by atoms with E-state index in [2.05, 4.69) is 5.32 Å². The molecule has 3 rings (SSSR count). The number of halogens is 1. The summed E-state index contributed by atoms with van der Waals surface area (Å²) in [5.41, 5.74) is 2.37. The van der Waals surface area contributed by atoms with Gasteiger partial charge in [0.2, 0.25) is 6.10 Å². The fourth-order valence-electron chi connectivity index (χ4n) is 2.78. The molecule has 0 saturated carbocycles. The van der Waals surface area contributed by atoms with E-state index in [-0.39, 0.29) is 12.4 Å². The van der Waals surface area contributed by atoms with E-state index in [4.69, 9.17) is 21.1 Å². The van der Waals surface area contributed by atoms with Crippen molar-refractivity contribution in [2.24, 2.45) is 0 Å². The highest BCUT2D eigenvalue weighted by atomic mass is 35.5. The minimum absolute atomic E-state index is 0.167. The third-order valence-corrected chi connectivity index (χ3v) is 4.59. The molecule has 0 amide bonds. The Bertz CT molecular complexity index is 945. The molecule has 0 aliphatic rings. The minimum atomic E-state index is -0.832. The van der Waals surface area contributed by atoms with E-state index in [0.717, 1.165) is 16.8 Å². The summed E-state index contributed by atoms with van der Waals surface area (Å²) in [5.74, 6) is 0.285. The van der Waals surface area contributed by atoms with Crippen molar-refractivity contribution >= 4 is 23.3 Å². The van der Waals surface area contributed by atoms with Crippen LogP contribution < -0.4 is 10.1 Å². The summed E-state index contributed by atoms with van der Waals surface area (Å²) in [6.45, 7) is 2.51. The number of aromatic hydroxyl groups is 1. The minimum Gasteiger partial charge on any atom is -0.508 e. The van der Waals surface area contributed by atoms with Crippen LogP contribution >= 0.6 is 11.6 Å². The molecule has 3 aromatic rings. The first-order chi connectivity index (χ1) is 14.1. The van der Waals surface area contributed by atoms with Crippen LogP contribution in [-0.4, -0.2) is 17.7 Å². The Labute approximate surface area is 174 Å². The maximum atomic E-state index is 12.3. The van der Waals surface area contributed by atoms with Crippen molar-refractivity contribution in [1.82, 2.24) is 0 Å². The van der Waals surface area contributed by atoms with Gasteiger partial charge in [-0.25, -0.2) is 4.79 Å². The van der Waals surface area contributed by atoms with Crippen molar-refractivity contribution < 1.29 is 19.4 Å². The number of carbonyl (C=O) groups excluding carboxylic acids is 1. The molecule has 0 aliphatic heterocycles. The highest BCUT2D eigenvalue weighted by molar-refractivity contribution is 6.31. The number of hydrogen-bond donors (Lipinski definition) is 2. The fourth-order valence-corrected chi connectivity index (χ4v) is 2.96. The Balaban J connectivity index is 1.68. The molecule has 0 fully saturated rings. The zero-order valence-corrected chi connectivity index (χ0v) is 16.7. The lowest BCUT2D eigenvalue weighted by molar-refractivity contribution is -0.151. The number of hydrogen-bond acceptors (Lipinski definition) is 5. The monoisotopic (exact) mass is 411 g/mol. The number of esters is 1. The molecule has 5 nitrogen and oxygen atoms in total. The van der Waals surface area contributed by atoms with Gasteiger partial charge in [-0.2, -0.15) is 0 Å². The van der Waals surface area contributed by atoms with Gasteiger partial charge in [0.05, 0.1) is 6.61 Å². The predicted octanol–water partition coefficient (Wildman–Crippen LogP) is 5.34. The Morgan fingerprint density at radius 3 is 2.48 bits per heavy atom. The first-order valence-corrected chi connectivity index (χ1v) is 9.64. The lowest BCUT2D eigenvalue weighted by Gasteiger charge is -2.18. The topological polar surface area (TPSA) is 67.8 Å². The first-order valence-electron chi connectivity index (χ1n) is 9.26. The van der Waals surface area contributed by atoms with Crippen molar-refractivity contribution in [3.63, 3.8) is 0 Å². The van der Waals surface area contributed by atoms with Gasteiger partial charge in [0, 0.05) is 22.8 Å². The molecule has 0 heterocycles. The van der Waals surface area contributed by atoms with Gasteiger partial charge >= 0.3 is 5.97 Å². The normalized spacial score (nSPS) is 11.5. The summed E-state index contributed by atoms with van der Waals surface area (Å²) in [4.78, 5) is 12.3. The molecule has 1 unspecified atom stereocenters. The van der Waals surface area contributed by atoms with Crippen LogP contribution in [0.25, 0.3) is 0 Å². The number of rotatable bonds is 8. The van der Waals surface area contributed by atoms with Crippen LogP contribution in [0, 0.1) is 0 Å². The van der Waals surface area contributed by atoms with Gasteiger partial charge in [0.1, 0.15) is 11.5 Å². The van der Waals surface area contributed by atoms with Crippen LogP contribution in [0.4, 0.5) is 5.69 Å². The second-order valence-electron chi connectivity index (χ2n) is 6.31. The van der Waals surface area contributed by atoms with E-state index in [0.29, 0.717) is 17.3 Å². The van der Waals surface area contributed by atoms with Crippen LogP contribution in [0.15, 0.2) is 72.8 Å². The molecule has 6 heteroatoms. The largest absolute Gasteiger partial charge is 0.508 e. The lowest BCUT2D eigenvalue weighted by Crippen LogP contribution is -2.21. The van der Waals surface area contributed by atoms with E-state index in [1.165, 1.54) is 0 Å². The summed E-state index contributed by atoms with van der Waals surface area (Å²) in [6.07, 6.45) is -0.832. The number of anilines is 1. The van der Waals surface area contributed by atoms with Gasteiger partial charge in [0.25, 0.3) is 0 Å². The van der Waals surface area contributed by atoms with E-state index >= 15 is 0 Å². The molecule has 1 atom stereocenters. The maximum Gasteiger partial charge on any atom is 0.352 e. The van der Waals surface area contributed by atoms with Crippen LogP contribution in [-0.2, 0) is 16.1 Å². The van der Waals surface area contributed by atoms with E-state index in [1.807, 2.05) is 42.5 Å². The van der Waals surface area contributed by atoms with Gasteiger partial charge in [-0.1, -0.05) is 41.9 Å². The van der Waals surface area contributed by atoms with Crippen molar-refractivity contribution in [3.05, 3.63) is 88.9 Å². The van der Waals surface area contributed by atoms with Crippen LogP contribution in [0.2, 0.25) is 5.02 Å². The molecular formula is C23H22ClNO4. The van der Waals surface area contributed by atoms with Crippen LogP contribution in [0.3, 0.4) is 0 Å². The van der Waals surface area contributed by atoms with Crippen molar-refractivity contribution in [3.8, 4) is 11.5 Å². The Morgan fingerprint density at radius 1 is 1.07 bits per heavy atom. The van der Waals surface area contributed by atoms with Gasteiger partial charge < -0.3 is 19.9 Å².